The molecule has 6 aromatic carbocycles. The third kappa shape index (κ3) is 4.89. The summed E-state index contributed by atoms with van der Waals surface area (Å²) in [5.74, 6) is 2.84. The van der Waals surface area contributed by atoms with Crippen LogP contribution in [0.25, 0.3) is 20.2 Å². The molecule has 4 bridgehead atoms. The Labute approximate surface area is 293 Å². The lowest BCUT2D eigenvalue weighted by molar-refractivity contribution is -0.00518. The maximum Gasteiger partial charge on any atom is 0.0640 e. The summed E-state index contributed by atoms with van der Waals surface area (Å²) in [6.45, 7) is 0. The third-order valence-electron chi connectivity index (χ3n) is 11.8. The van der Waals surface area contributed by atoms with Crippen molar-refractivity contribution in [1.29, 1.82) is 0 Å². The van der Waals surface area contributed by atoms with Gasteiger partial charge in [0.15, 0.2) is 0 Å². The van der Waals surface area contributed by atoms with Gasteiger partial charge in [-0.05, 0) is 128 Å². The Balaban J connectivity index is 1.12. The number of hydrogen-bond donors (Lipinski definition) is 0. The molecule has 2 nitrogen and oxygen atoms in total. The fourth-order valence-electron chi connectivity index (χ4n) is 10.2. The van der Waals surface area contributed by atoms with E-state index in [9.17, 15) is 0 Å². The first-order valence-corrected chi connectivity index (χ1v) is 18.8. The number of thiophene rings is 1. The van der Waals surface area contributed by atoms with Crippen LogP contribution < -0.4 is 9.80 Å². The summed E-state index contributed by atoms with van der Waals surface area (Å²) in [6, 6.07) is 55.8. The molecule has 3 heteroatoms. The molecule has 1 heterocycles. The average Bonchev–Trinajstić information content (AvgIpc) is 3.53. The van der Waals surface area contributed by atoms with Gasteiger partial charge in [0.2, 0.25) is 0 Å². The Bertz CT molecular complexity index is 2180. The molecule has 240 valence electrons. The predicted molar refractivity (Wildman–Crippen MR) is 209 cm³/mol. The van der Waals surface area contributed by atoms with Crippen LogP contribution >= 0.6 is 11.3 Å². The largest absolute Gasteiger partial charge is 0.309 e. The van der Waals surface area contributed by atoms with E-state index in [1.807, 2.05) is 11.3 Å². The van der Waals surface area contributed by atoms with Crippen molar-refractivity contribution >= 4 is 65.6 Å². The van der Waals surface area contributed by atoms with Gasteiger partial charge in [-0.15, -0.1) is 11.3 Å². The molecule has 7 aromatic rings. The number of hydrogen-bond acceptors (Lipinski definition) is 3. The van der Waals surface area contributed by atoms with Crippen LogP contribution in [-0.4, -0.2) is 0 Å². The normalized spacial score (nSPS) is 22.5. The minimum atomic E-state index is 0.399. The van der Waals surface area contributed by atoms with E-state index in [1.165, 1.54) is 81.4 Å². The maximum atomic E-state index is 2.49. The molecule has 4 aliphatic carbocycles. The number of nitrogens with zero attached hydrogens (tertiary/aromatic N) is 2. The lowest BCUT2D eigenvalue weighted by Gasteiger charge is -2.57. The molecule has 0 atom stereocenters. The Morgan fingerprint density at radius 2 is 0.796 bits per heavy atom. The highest BCUT2D eigenvalue weighted by Crippen LogP contribution is 2.61. The molecule has 4 saturated carbocycles. The molecule has 0 amide bonds. The first kappa shape index (κ1) is 29.1. The van der Waals surface area contributed by atoms with Gasteiger partial charge >= 0.3 is 0 Å². The van der Waals surface area contributed by atoms with Crippen LogP contribution in [0.3, 0.4) is 0 Å². The lowest BCUT2D eigenvalue weighted by atomic mass is 9.48. The standard InChI is InChI=1S/C46H40N2S/c1-4-12-36(13-5-1)47(37-14-6-2-7-15-37)42-20-10-18-40-41-19-11-21-43(45(41)49-44(40)42)48(38-16-8-3-9-17-38)39-24-22-35(23-25-39)46-29-32-26-33(30-46)28-34(27-32)31-46/h1-25,32-34H,26-31H2. The van der Waals surface area contributed by atoms with Crippen molar-refractivity contribution in [2.24, 2.45) is 17.8 Å². The smallest absolute Gasteiger partial charge is 0.0640 e. The second kappa shape index (κ2) is 11.6. The molecule has 49 heavy (non-hydrogen) atoms. The van der Waals surface area contributed by atoms with E-state index < -0.39 is 0 Å². The number of anilines is 6. The zero-order valence-electron chi connectivity index (χ0n) is 27.7. The van der Waals surface area contributed by atoms with E-state index in [1.54, 1.807) is 5.56 Å². The van der Waals surface area contributed by atoms with Gasteiger partial charge in [-0.2, -0.15) is 0 Å². The number of rotatable bonds is 7. The van der Waals surface area contributed by atoms with Gasteiger partial charge < -0.3 is 9.80 Å². The Kier molecular flexibility index (Phi) is 6.91. The summed E-state index contributed by atoms with van der Waals surface area (Å²) in [5, 5.41) is 2.59. The van der Waals surface area contributed by atoms with Crippen molar-refractivity contribution in [3.8, 4) is 0 Å². The molecule has 4 fully saturated rings. The van der Waals surface area contributed by atoms with Gasteiger partial charge in [0, 0.05) is 33.5 Å². The summed E-state index contributed by atoms with van der Waals surface area (Å²) in [7, 11) is 0. The SMILES string of the molecule is c1ccc(N(c2ccccc2)c2cccc3c2sc2c(N(c4ccccc4)c4ccc(C56CC7CC(CC(C7)C5)C6)cc4)cccc23)cc1. The predicted octanol–water partition coefficient (Wildman–Crippen LogP) is 13.5. The zero-order chi connectivity index (χ0) is 32.4. The van der Waals surface area contributed by atoms with Crippen molar-refractivity contribution in [1.82, 2.24) is 0 Å². The van der Waals surface area contributed by atoms with Gasteiger partial charge in [0.05, 0.1) is 20.8 Å². The molecule has 0 aliphatic heterocycles. The topological polar surface area (TPSA) is 6.48 Å². The van der Waals surface area contributed by atoms with Crippen molar-refractivity contribution in [2.75, 3.05) is 9.80 Å². The van der Waals surface area contributed by atoms with E-state index in [2.05, 4.69) is 161 Å². The highest BCUT2D eigenvalue weighted by Gasteiger charge is 2.51. The minimum absolute atomic E-state index is 0.399. The fourth-order valence-corrected chi connectivity index (χ4v) is 11.5. The van der Waals surface area contributed by atoms with Crippen LogP contribution in [-0.2, 0) is 5.41 Å². The van der Waals surface area contributed by atoms with Crippen molar-refractivity contribution in [2.45, 2.75) is 43.9 Å². The Hall–Kier alpha value is -4.86. The van der Waals surface area contributed by atoms with Crippen LogP contribution in [0.4, 0.5) is 34.1 Å². The monoisotopic (exact) mass is 652 g/mol. The average molecular weight is 653 g/mol. The van der Waals surface area contributed by atoms with E-state index in [4.69, 9.17) is 0 Å². The lowest BCUT2D eigenvalue weighted by Crippen LogP contribution is -2.48. The maximum absolute atomic E-state index is 2.49. The zero-order valence-corrected chi connectivity index (χ0v) is 28.5. The summed E-state index contributed by atoms with van der Waals surface area (Å²) in [5.41, 5.74) is 9.13. The number of benzene rings is 6. The molecule has 0 radical (unpaired) electrons. The van der Waals surface area contributed by atoms with E-state index in [-0.39, 0.29) is 0 Å². The summed E-state index contributed by atoms with van der Waals surface area (Å²) in [6.07, 6.45) is 8.63. The van der Waals surface area contributed by atoms with Gasteiger partial charge in [-0.25, -0.2) is 0 Å². The molecule has 0 N–H and O–H groups in total. The molecular weight excluding hydrogens is 613 g/mol. The first-order chi connectivity index (χ1) is 24.2. The van der Waals surface area contributed by atoms with E-state index in [0.717, 1.165) is 29.1 Å². The minimum Gasteiger partial charge on any atom is -0.309 e. The van der Waals surface area contributed by atoms with E-state index >= 15 is 0 Å². The summed E-state index contributed by atoms with van der Waals surface area (Å²) < 4.78 is 2.60. The van der Waals surface area contributed by atoms with Crippen molar-refractivity contribution < 1.29 is 0 Å². The second-order valence-electron chi connectivity index (χ2n) is 14.8. The van der Waals surface area contributed by atoms with Crippen LogP contribution in [0.5, 0.6) is 0 Å². The Morgan fingerprint density at radius 1 is 0.408 bits per heavy atom. The fraction of sp³-hybridized carbons (Fsp3) is 0.217. The van der Waals surface area contributed by atoms with Crippen LogP contribution in [0, 0.1) is 17.8 Å². The van der Waals surface area contributed by atoms with Crippen molar-refractivity contribution in [3.63, 3.8) is 0 Å². The molecule has 0 saturated heterocycles. The molecule has 0 spiro atoms. The quantitative estimate of drug-likeness (QED) is 0.169. The van der Waals surface area contributed by atoms with Gasteiger partial charge in [0.25, 0.3) is 0 Å². The molecule has 0 unspecified atom stereocenters. The summed E-state index contributed by atoms with van der Waals surface area (Å²) in [4.78, 5) is 4.88. The van der Waals surface area contributed by atoms with Crippen molar-refractivity contribution in [3.05, 3.63) is 157 Å². The van der Waals surface area contributed by atoms with Crippen LogP contribution in [0.2, 0.25) is 0 Å². The molecule has 4 aliphatic rings. The van der Waals surface area contributed by atoms with Gasteiger partial charge in [-0.1, -0.05) is 91.0 Å². The number of fused-ring (bicyclic) bond motifs is 3. The highest BCUT2D eigenvalue weighted by molar-refractivity contribution is 7.27. The summed E-state index contributed by atoms with van der Waals surface area (Å²) >= 11 is 1.91. The third-order valence-corrected chi connectivity index (χ3v) is 13.1. The Morgan fingerprint density at radius 3 is 1.20 bits per heavy atom. The molecule has 1 aromatic heterocycles. The number of para-hydroxylation sites is 3. The van der Waals surface area contributed by atoms with E-state index in [0.29, 0.717) is 5.41 Å². The highest BCUT2D eigenvalue weighted by atomic mass is 32.1. The van der Waals surface area contributed by atoms with Gasteiger partial charge in [0.1, 0.15) is 0 Å². The first-order valence-electron chi connectivity index (χ1n) is 18.0. The van der Waals surface area contributed by atoms with Crippen LogP contribution in [0.15, 0.2) is 152 Å². The molecule has 11 rings (SSSR count). The molecular formula is C46H40N2S. The second-order valence-corrected chi connectivity index (χ2v) is 15.9. The van der Waals surface area contributed by atoms with Crippen LogP contribution in [0.1, 0.15) is 44.1 Å². The van der Waals surface area contributed by atoms with Gasteiger partial charge in [-0.3, -0.25) is 0 Å².